The summed E-state index contributed by atoms with van der Waals surface area (Å²) in [6.07, 6.45) is 2.00. The Kier molecular flexibility index (Phi) is 5.60. The average molecular weight is 291 g/mol. The molecule has 1 amide bonds. The Morgan fingerprint density at radius 3 is 2.67 bits per heavy atom. The molecule has 1 saturated heterocycles. The molecular formula is C16H21NO4. The van der Waals surface area contributed by atoms with E-state index in [1.165, 1.54) is 4.90 Å². The van der Waals surface area contributed by atoms with Gasteiger partial charge >= 0.3 is 12.1 Å². The first-order chi connectivity index (χ1) is 10.2. The molecule has 1 aromatic carbocycles. The van der Waals surface area contributed by atoms with Crippen LogP contribution in [0.1, 0.15) is 31.7 Å². The van der Waals surface area contributed by atoms with Crippen LogP contribution in [0.15, 0.2) is 30.3 Å². The Bertz CT molecular complexity index is 474. The van der Waals surface area contributed by atoms with E-state index in [4.69, 9.17) is 9.47 Å². The number of likely N-dealkylation sites (tertiary alicyclic amines) is 1. The minimum atomic E-state index is -0.512. The molecule has 1 heterocycles. The van der Waals surface area contributed by atoms with Crippen molar-refractivity contribution in [1.29, 1.82) is 0 Å². The minimum Gasteiger partial charge on any atom is -0.464 e. The highest BCUT2D eigenvalue weighted by Crippen LogP contribution is 2.19. The fourth-order valence-corrected chi connectivity index (χ4v) is 2.44. The molecule has 0 spiro atoms. The number of hydrogen-bond donors (Lipinski definition) is 0. The monoisotopic (exact) mass is 291 g/mol. The van der Waals surface area contributed by atoms with Gasteiger partial charge in [0.05, 0.1) is 6.61 Å². The van der Waals surface area contributed by atoms with Crippen LogP contribution in [-0.2, 0) is 20.9 Å². The standard InChI is InChI=1S/C16H21NO4/c1-2-20-15(18)14-10-6-7-11-17(14)16(19)21-12-13-8-4-3-5-9-13/h3-5,8-9,14H,2,6-7,10-12H2,1H3/t14-/m0/s1. The van der Waals surface area contributed by atoms with Crippen molar-refractivity contribution in [3.8, 4) is 0 Å². The predicted molar refractivity (Wildman–Crippen MR) is 77.6 cm³/mol. The quantitative estimate of drug-likeness (QED) is 0.800. The number of carbonyl (C=O) groups excluding carboxylic acids is 2. The van der Waals surface area contributed by atoms with Gasteiger partial charge in [0.15, 0.2) is 0 Å². The first-order valence-electron chi connectivity index (χ1n) is 7.36. The molecule has 0 aromatic heterocycles. The van der Waals surface area contributed by atoms with Crippen molar-refractivity contribution in [2.45, 2.75) is 38.8 Å². The maximum Gasteiger partial charge on any atom is 0.410 e. The molecule has 0 N–H and O–H groups in total. The lowest BCUT2D eigenvalue weighted by Crippen LogP contribution is -2.48. The van der Waals surface area contributed by atoms with Gasteiger partial charge in [-0.2, -0.15) is 0 Å². The summed E-state index contributed by atoms with van der Waals surface area (Å²) < 4.78 is 10.3. The molecule has 0 saturated carbocycles. The van der Waals surface area contributed by atoms with Crippen LogP contribution in [0.3, 0.4) is 0 Å². The van der Waals surface area contributed by atoms with Gasteiger partial charge in [-0.1, -0.05) is 30.3 Å². The molecule has 1 aromatic rings. The van der Waals surface area contributed by atoms with Gasteiger partial charge in [0.2, 0.25) is 0 Å². The van der Waals surface area contributed by atoms with E-state index < -0.39 is 12.1 Å². The van der Waals surface area contributed by atoms with E-state index in [-0.39, 0.29) is 12.6 Å². The Labute approximate surface area is 124 Å². The van der Waals surface area contributed by atoms with Crippen LogP contribution in [0.2, 0.25) is 0 Å². The molecule has 0 unspecified atom stereocenters. The van der Waals surface area contributed by atoms with Gasteiger partial charge in [-0.25, -0.2) is 9.59 Å². The number of esters is 1. The van der Waals surface area contributed by atoms with Crippen LogP contribution in [0.5, 0.6) is 0 Å². The summed E-state index contributed by atoms with van der Waals surface area (Å²) in [6.45, 7) is 2.84. The highest BCUT2D eigenvalue weighted by molar-refractivity contribution is 5.81. The van der Waals surface area contributed by atoms with E-state index in [9.17, 15) is 9.59 Å². The third-order valence-corrected chi connectivity index (χ3v) is 3.50. The fraction of sp³-hybridized carbons (Fsp3) is 0.500. The van der Waals surface area contributed by atoms with E-state index in [0.717, 1.165) is 18.4 Å². The summed E-state index contributed by atoms with van der Waals surface area (Å²) in [5, 5.41) is 0. The number of benzene rings is 1. The lowest BCUT2D eigenvalue weighted by Gasteiger charge is -2.33. The fourth-order valence-electron chi connectivity index (χ4n) is 2.44. The highest BCUT2D eigenvalue weighted by atomic mass is 16.6. The molecule has 1 aliphatic rings. The predicted octanol–water partition coefficient (Wildman–Crippen LogP) is 2.74. The van der Waals surface area contributed by atoms with Crippen molar-refractivity contribution in [2.75, 3.05) is 13.2 Å². The molecule has 0 radical (unpaired) electrons. The number of piperidine rings is 1. The van der Waals surface area contributed by atoms with Crippen LogP contribution >= 0.6 is 0 Å². The van der Waals surface area contributed by atoms with Crippen molar-refractivity contribution >= 4 is 12.1 Å². The van der Waals surface area contributed by atoms with Gasteiger partial charge in [0.1, 0.15) is 12.6 Å². The van der Waals surface area contributed by atoms with Gasteiger partial charge in [-0.05, 0) is 31.7 Å². The molecule has 1 aliphatic heterocycles. The molecule has 1 fully saturated rings. The van der Waals surface area contributed by atoms with Crippen molar-refractivity contribution in [3.63, 3.8) is 0 Å². The minimum absolute atomic E-state index is 0.214. The number of ether oxygens (including phenoxy) is 2. The Balaban J connectivity index is 1.93. The first kappa shape index (κ1) is 15.4. The van der Waals surface area contributed by atoms with E-state index >= 15 is 0 Å². The molecule has 5 nitrogen and oxygen atoms in total. The van der Waals surface area contributed by atoms with Crippen LogP contribution in [0.4, 0.5) is 4.79 Å². The zero-order valence-electron chi connectivity index (χ0n) is 12.3. The largest absolute Gasteiger partial charge is 0.464 e. The molecule has 21 heavy (non-hydrogen) atoms. The van der Waals surface area contributed by atoms with Crippen molar-refractivity contribution < 1.29 is 19.1 Å². The molecule has 1 atom stereocenters. The van der Waals surface area contributed by atoms with E-state index in [1.807, 2.05) is 30.3 Å². The molecule has 114 valence electrons. The summed E-state index contributed by atoms with van der Waals surface area (Å²) in [7, 11) is 0. The lowest BCUT2D eigenvalue weighted by atomic mass is 10.0. The number of amides is 1. The van der Waals surface area contributed by atoms with E-state index in [0.29, 0.717) is 19.6 Å². The smallest absolute Gasteiger partial charge is 0.410 e. The second-order valence-corrected chi connectivity index (χ2v) is 5.00. The van der Waals surface area contributed by atoms with Crippen molar-refractivity contribution in [2.24, 2.45) is 0 Å². The first-order valence-corrected chi connectivity index (χ1v) is 7.36. The van der Waals surface area contributed by atoms with E-state index in [1.54, 1.807) is 6.92 Å². The number of nitrogens with zero attached hydrogens (tertiary/aromatic N) is 1. The Morgan fingerprint density at radius 1 is 1.19 bits per heavy atom. The number of carbonyl (C=O) groups is 2. The molecule has 5 heteroatoms. The third kappa shape index (κ3) is 4.21. The second kappa shape index (κ2) is 7.67. The van der Waals surface area contributed by atoms with Gasteiger partial charge < -0.3 is 9.47 Å². The maximum absolute atomic E-state index is 12.2. The van der Waals surface area contributed by atoms with Crippen LogP contribution in [-0.4, -0.2) is 36.2 Å². The van der Waals surface area contributed by atoms with Crippen molar-refractivity contribution in [3.05, 3.63) is 35.9 Å². The van der Waals surface area contributed by atoms with Crippen LogP contribution in [0, 0.1) is 0 Å². The molecule has 0 aliphatic carbocycles. The zero-order chi connectivity index (χ0) is 15.1. The highest BCUT2D eigenvalue weighted by Gasteiger charge is 2.34. The number of rotatable bonds is 4. The van der Waals surface area contributed by atoms with Gasteiger partial charge in [-0.15, -0.1) is 0 Å². The third-order valence-electron chi connectivity index (χ3n) is 3.50. The maximum atomic E-state index is 12.2. The van der Waals surface area contributed by atoms with Gasteiger partial charge in [0.25, 0.3) is 0 Å². The zero-order valence-corrected chi connectivity index (χ0v) is 12.3. The second-order valence-electron chi connectivity index (χ2n) is 5.00. The summed E-state index contributed by atoms with van der Waals surface area (Å²) in [5.74, 6) is -0.339. The van der Waals surface area contributed by atoms with Crippen LogP contribution < -0.4 is 0 Å². The SMILES string of the molecule is CCOC(=O)[C@@H]1CCCCN1C(=O)OCc1ccccc1. The Hall–Kier alpha value is -2.04. The summed E-state index contributed by atoms with van der Waals surface area (Å²) in [6, 6.07) is 8.98. The average Bonchev–Trinajstić information content (AvgIpc) is 2.54. The number of hydrogen-bond acceptors (Lipinski definition) is 4. The lowest BCUT2D eigenvalue weighted by molar-refractivity contribution is -0.150. The molecule has 2 rings (SSSR count). The van der Waals surface area contributed by atoms with Gasteiger partial charge in [-0.3, -0.25) is 4.90 Å². The molecule has 0 bridgehead atoms. The summed E-state index contributed by atoms with van der Waals surface area (Å²) >= 11 is 0. The van der Waals surface area contributed by atoms with Gasteiger partial charge in [0, 0.05) is 6.54 Å². The van der Waals surface area contributed by atoms with E-state index in [2.05, 4.69) is 0 Å². The normalized spacial score (nSPS) is 18.1. The topological polar surface area (TPSA) is 55.8 Å². The Morgan fingerprint density at radius 2 is 1.95 bits per heavy atom. The van der Waals surface area contributed by atoms with Crippen molar-refractivity contribution in [1.82, 2.24) is 4.90 Å². The summed E-state index contributed by atoms with van der Waals surface area (Å²) in [4.78, 5) is 25.6. The van der Waals surface area contributed by atoms with Crippen LogP contribution in [0.25, 0.3) is 0 Å². The summed E-state index contributed by atoms with van der Waals surface area (Å²) in [5.41, 5.74) is 0.926. The molecular weight excluding hydrogens is 270 g/mol.